The van der Waals surface area contributed by atoms with Crippen LogP contribution in [0.4, 0.5) is 21.7 Å². The van der Waals surface area contributed by atoms with Crippen molar-refractivity contribution in [3.63, 3.8) is 0 Å². The highest BCUT2D eigenvalue weighted by atomic mass is 19.1. The van der Waals surface area contributed by atoms with Crippen molar-refractivity contribution < 1.29 is 14.0 Å². The molecular weight excluding hydrogens is 423 g/mol. The van der Waals surface area contributed by atoms with Crippen molar-refractivity contribution in [1.29, 1.82) is 0 Å². The van der Waals surface area contributed by atoms with Crippen LogP contribution in [0, 0.1) is 11.8 Å². The topological polar surface area (TPSA) is 100 Å². The molecule has 33 heavy (non-hydrogen) atoms. The van der Waals surface area contributed by atoms with Gasteiger partial charge in [-0.15, -0.1) is 0 Å². The van der Waals surface area contributed by atoms with Gasteiger partial charge in [-0.05, 0) is 43.4 Å². The number of amides is 2. The number of hydrogen-bond acceptors (Lipinski definition) is 6. The van der Waals surface area contributed by atoms with Gasteiger partial charge < -0.3 is 15.5 Å². The zero-order valence-electron chi connectivity index (χ0n) is 18.0. The summed E-state index contributed by atoms with van der Waals surface area (Å²) in [6.07, 6.45) is 6.73. The maximum absolute atomic E-state index is 14.0. The molecule has 2 fully saturated rings. The average molecular weight is 444 g/mol. The third-order valence-electron chi connectivity index (χ3n) is 5.80. The quantitative estimate of drug-likeness (QED) is 0.600. The lowest BCUT2D eigenvalue weighted by atomic mass is 10.1. The standard InChI is InChI=1S/C24H21FN6O2/c1-26-22-19-14-28-20(30-23(33)24(25)8-9-24)11-18(19)15(12-29-22)4-5-16-6-7-17(13-27-16)31-10-2-3-21(31)32/h6-7,11-14H,2-3,8-10H2,1H3,(H,26,29)(H,28,30,33). The van der Waals surface area contributed by atoms with E-state index in [1.54, 1.807) is 42.7 Å². The fraction of sp³-hybridized carbons (Fsp3) is 0.292. The summed E-state index contributed by atoms with van der Waals surface area (Å²) in [4.78, 5) is 38.7. The monoisotopic (exact) mass is 444 g/mol. The summed E-state index contributed by atoms with van der Waals surface area (Å²) < 4.78 is 14.0. The predicted molar refractivity (Wildman–Crippen MR) is 123 cm³/mol. The first kappa shape index (κ1) is 20.8. The molecule has 4 heterocycles. The van der Waals surface area contributed by atoms with E-state index in [0.29, 0.717) is 30.0 Å². The van der Waals surface area contributed by atoms with Crippen LogP contribution in [0.15, 0.2) is 36.8 Å². The highest BCUT2D eigenvalue weighted by molar-refractivity contribution is 6.02. The maximum Gasteiger partial charge on any atom is 0.263 e. The van der Waals surface area contributed by atoms with E-state index in [2.05, 4.69) is 37.4 Å². The molecule has 1 aliphatic carbocycles. The van der Waals surface area contributed by atoms with Crippen molar-refractivity contribution in [3.05, 3.63) is 48.0 Å². The minimum atomic E-state index is -1.79. The zero-order valence-corrected chi connectivity index (χ0v) is 18.0. The van der Waals surface area contributed by atoms with Gasteiger partial charge in [-0.25, -0.2) is 19.3 Å². The molecule has 1 aliphatic heterocycles. The highest BCUT2D eigenvalue weighted by Crippen LogP contribution is 2.40. The zero-order chi connectivity index (χ0) is 23.0. The first-order chi connectivity index (χ1) is 16.0. The Bertz CT molecular complexity index is 1320. The van der Waals surface area contributed by atoms with Gasteiger partial charge >= 0.3 is 0 Å². The third kappa shape index (κ3) is 4.07. The van der Waals surface area contributed by atoms with E-state index in [9.17, 15) is 14.0 Å². The lowest BCUT2D eigenvalue weighted by Gasteiger charge is -2.14. The molecule has 5 rings (SSSR count). The van der Waals surface area contributed by atoms with Crippen LogP contribution in [-0.4, -0.2) is 46.0 Å². The Balaban J connectivity index is 1.45. The van der Waals surface area contributed by atoms with E-state index in [-0.39, 0.29) is 24.6 Å². The van der Waals surface area contributed by atoms with E-state index in [1.807, 2.05) is 6.07 Å². The van der Waals surface area contributed by atoms with Crippen LogP contribution in [0.5, 0.6) is 0 Å². The van der Waals surface area contributed by atoms with Crippen molar-refractivity contribution in [1.82, 2.24) is 15.0 Å². The molecule has 8 nitrogen and oxygen atoms in total. The summed E-state index contributed by atoms with van der Waals surface area (Å²) in [7, 11) is 1.75. The van der Waals surface area contributed by atoms with Crippen molar-refractivity contribution in [3.8, 4) is 11.8 Å². The lowest BCUT2D eigenvalue weighted by Crippen LogP contribution is -2.25. The number of anilines is 3. The largest absolute Gasteiger partial charge is 0.373 e. The molecule has 166 valence electrons. The fourth-order valence-corrected chi connectivity index (χ4v) is 3.74. The summed E-state index contributed by atoms with van der Waals surface area (Å²) in [5.74, 6) is 6.40. The molecule has 3 aromatic heterocycles. The number of carbonyl (C=O) groups excluding carboxylic acids is 2. The Kier molecular flexibility index (Phi) is 5.13. The number of pyridine rings is 3. The molecule has 0 bridgehead atoms. The van der Waals surface area contributed by atoms with Gasteiger partial charge in [-0.2, -0.15) is 0 Å². The van der Waals surface area contributed by atoms with Crippen LogP contribution in [0.1, 0.15) is 36.9 Å². The van der Waals surface area contributed by atoms with E-state index >= 15 is 0 Å². The van der Waals surface area contributed by atoms with E-state index < -0.39 is 11.6 Å². The van der Waals surface area contributed by atoms with E-state index in [1.165, 1.54) is 0 Å². The van der Waals surface area contributed by atoms with Gasteiger partial charge in [0.05, 0.1) is 17.4 Å². The number of carbonyl (C=O) groups is 2. The Morgan fingerprint density at radius 3 is 2.64 bits per heavy atom. The predicted octanol–water partition coefficient (Wildman–Crippen LogP) is 3.03. The molecule has 2 amide bonds. The number of rotatable bonds is 4. The van der Waals surface area contributed by atoms with Gasteiger partial charge in [0.25, 0.3) is 5.91 Å². The molecule has 0 spiro atoms. The summed E-state index contributed by atoms with van der Waals surface area (Å²) in [5, 5.41) is 7.00. The molecule has 1 saturated carbocycles. The number of halogens is 1. The third-order valence-corrected chi connectivity index (χ3v) is 5.80. The smallest absolute Gasteiger partial charge is 0.263 e. The number of hydrogen-bond donors (Lipinski definition) is 2. The van der Waals surface area contributed by atoms with Gasteiger partial charge in [0.15, 0.2) is 5.67 Å². The second kappa shape index (κ2) is 8.13. The second-order valence-corrected chi connectivity index (χ2v) is 8.11. The molecule has 0 aromatic carbocycles. The Labute approximate surface area is 189 Å². The summed E-state index contributed by atoms with van der Waals surface area (Å²) in [6.45, 7) is 0.706. The first-order valence-electron chi connectivity index (χ1n) is 10.7. The van der Waals surface area contributed by atoms with Gasteiger partial charge in [-0.3, -0.25) is 9.59 Å². The molecule has 0 atom stereocenters. The summed E-state index contributed by atoms with van der Waals surface area (Å²) in [6, 6.07) is 5.28. The molecule has 1 saturated heterocycles. The molecule has 3 aromatic rings. The molecule has 2 N–H and O–H groups in total. The summed E-state index contributed by atoms with van der Waals surface area (Å²) >= 11 is 0. The van der Waals surface area contributed by atoms with Gasteiger partial charge in [-0.1, -0.05) is 5.92 Å². The molecule has 0 radical (unpaired) electrons. The number of aromatic nitrogens is 3. The minimum Gasteiger partial charge on any atom is -0.373 e. The molecule has 0 unspecified atom stereocenters. The van der Waals surface area contributed by atoms with E-state index in [4.69, 9.17) is 0 Å². The first-order valence-corrected chi connectivity index (χ1v) is 10.7. The second-order valence-electron chi connectivity index (χ2n) is 8.11. The maximum atomic E-state index is 14.0. The lowest BCUT2D eigenvalue weighted by molar-refractivity contribution is -0.122. The number of fused-ring (bicyclic) bond motifs is 1. The number of nitrogens with one attached hydrogen (secondary N) is 2. The number of nitrogens with zero attached hydrogens (tertiary/aromatic N) is 4. The number of alkyl halides is 1. The summed E-state index contributed by atoms with van der Waals surface area (Å²) in [5.41, 5.74) is 0.141. The Morgan fingerprint density at radius 1 is 1.12 bits per heavy atom. The average Bonchev–Trinajstić information content (AvgIpc) is 3.45. The van der Waals surface area contributed by atoms with E-state index in [0.717, 1.165) is 22.9 Å². The van der Waals surface area contributed by atoms with Gasteiger partial charge in [0, 0.05) is 43.2 Å². The van der Waals surface area contributed by atoms with Gasteiger partial charge in [0.1, 0.15) is 17.3 Å². The SMILES string of the molecule is CNc1ncc(C#Cc2ccc(N3CCCC3=O)cn2)c2cc(NC(=O)C3(F)CC3)ncc12. The van der Waals surface area contributed by atoms with Gasteiger partial charge in [0.2, 0.25) is 5.91 Å². The van der Waals surface area contributed by atoms with Crippen molar-refractivity contribution >= 4 is 39.9 Å². The minimum absolute atomic E-state index is 0.106. The molecule has 2 aliphatic rings. The molecular formula is C24H21FN6O2. The van der Waals surface area contributed by atoms with Crippen LogP contribution < -0.4 is 15.5 Å². The van der Waals surface area contributed by atoms with Crippen molar-refractivity contribution in [2.45, 2.75) is 31.4 Å². The molecule has 9 heteroatoms. The van der Waals surface area contributed by atoms with Crippen LogP contribution in [-0.2, 0) is 9.59 Å². The normalized spacial score (nSPS) is 16.3. The van der Waals surface area contributed by atoms with Crippen LogP contribution in [0.2, 0.25) is 0 Å². The Hall–Kier alpha value is -4.06. The van der Waals surface area contributed by atoms with Crippen LogP contribution in [0.25, 0.3) is 10.8 Å². The van der Waals surface area contributed by atoms with Crippen molar-refractivity contribution in [2.24, 2.45) is 0 Å². The van der Waals surface area contributed by atoms with Crippen LogP contribution >= 0.6 is 0 Å². The fourth-order valence-electron chi connectivity index (χ4n) is 3.74. The van der Waals surface area contributed by atoms with Crippen LogP contribution in [0.3, 0.4) is 0 Å². The Morgan fingerprint density at radius 2 is 1.97 bits per heavy atom. The highest BCUT2D eigenvalue weighted by Gasteiger charge is 2.51. The van der Waals surface area contributed by atoms with Crippen molar-refractivity contribution in [2.75, 3.05) is 29.1 Å².